The van der Waals surface area contributed by atoms with Gasteiger partial charge in [-0.2, -0.15) is 0 Å². The van der Waals surface area contributed by atoms with E-state index < -0.39 is 0 Å². The minimum atomic E-state index is -0.0797. The molecule has 21 heavy (non-hydrogen) atoms. The van der Waals surface area contributed by atoms with Crippen molar-refractivity contribution in [2.45, 2.75) is 37.8 Å². The van der Waals surface area contributed by atoms with Crippen LogP contribution in [-0.2, 0) is 7.05 Å². The number of hydrogen-bond acceptors (Lipinski definition) is 4. The molecule has 1 aliphatic rings. The first-order chi connectivity index (χ1) is 10.2. The average molecular weight is 305 g/mol. The number of aliphatic hydroxyl groups is 1. The fraction of sp³-hybridized carbons (Fsp3) is 0.562. The summed E-state index contributed by atoms with van der Waals surface area (Å²) in [5.74, 6) is 1.73. The summed E-state index contributed by atoms with van der Waals surface area (Å²) in [6, 6.07) is 4.42. The van der Waals surface area contributed by atoms with Gasteiger partial charge in [-0.1, -0.05) is 6.07 Å². The Kier molecular flexibility index (Phi) is 4.73. The number of nitrogens with one attached hydrogen (secondary N) is 1. The van der Waals surface area contributed by atoms with Gasteiger partial charge in [0.2, 0.25) is 0 Å². The predicted octanol–water partition coefficient (Wildman–Crippen LogP) is 2.71. The molecule has 0 bridgehead atoms. The molecule has 0 saturated heterocycles. The second kappa shape index (κ2) is 6.73. The summed E-state index contributed by atoms with van der Waals surface area (Å²) in [4.78, 5) is 5.82. The Morgan fingerprint density at radius 2 is 2.24 bits per heavy atom. The van der Waals surface area contributed by atoms with Gasteiger partial charge in [0.25, 0.3) is 0 Å². The van der Waals surface area contributed by atoms with Crippen molar-refractivity contribution < 1.29 is 5.11 Å². The Morgan fingerprint density at radius 1 is 1.43 bits per heavy atom. The quantitative estimate of drug-likeness (QED) is 0.893. The maximum absolute atomic E-state index is 9.61. The molecule has 0 aliphatic heterocycles. The molecular formula is C16H23N3OS. The van der Waals surface area contributed by atoms with Gasteiger partial charge in [0, 0.05) is 24.3 Å². The van der Waals surface area contributed by atoms with E-state index in [1.54, 1.807) is 11.3 Å². The largest absolute Gasteiger partial charge is 0.393 e. The van der Waals surface area contributed by atoms with Crippen LogP contribution < -0.4 is 5.32 Å². The summed E-state index contributed by atoms with van der Waals surface area (Å²) in [5.41, 5.74) is 0. The molecule has 1 saturated carbocycles. The molecule has 3 rings (SSSR count). The molecule has 4 nitrogen and oxygen atoms in total. The lowest BCUT2D eigenvalue weighted by Crippen LogP contribution is -2.32. The molecule has 5 heteroatoms. The molecular weight excluding hydrogens is 282 g/mol. The molecule has 114 valence electrons. The third-order valence-corrected chi connectivity index (χ3v) is 5.31. The van der Waals surface area contributed by atoms with E-state index in [0.29, 0.717) is 5.92 Å². The standard InChI is InChI=1S/C16H23N3OS/c1-19-9-8-17-16(19)15(14-3-2-10-21-14)18-11-12-4-6-13(20)7-5-12/h2-3,8-10,12-13,15,18,20H,4-7,11H2,1H3. The van der Waals surface area contributed by atoms with Crippen LogP contribution in [0.2, 0.25) is 0 Å². The Balaban J connectivity index is 1.67. The van der Waals surface area contributed by atoms with E-state index in [-0.39, 0.29) is 12.1 Å². The van der Waals surface area contributed by atoms with Crippen molar-refractivity contribution in [2.75, 3.05) is 6.54 Å². The highest BCUT2D eigenvalue weighted by molar-refractivity contribution is 7.10. The van der Waals surface area contributed by atoms with Crippen molar-refractivity contribution in [2.24, 2.45) is 13.0 Å². The van der Waals surface area contributed by atoms with Crippen LogP contribution in [0.15, 0.2) is 29.9 Å². The van der Waals surface area contributed by atoms with E-state index in [0.717, 1.165) is 38.1 Å². The highest BCUT2D eigenvalue weighted by Gasteiger charge is 2.23. The minimum absolute atomic E-state index is 0.0797. The third kappa shape index (κ3) is 3.54. The lowest BCUT2D eigenvalue weighted by molar-refractivity contribution is 0.108. The fourth-order valence-corrected chi connectivity index (χ4v) is 3.86. The predicted molar refractivity (Wildman–Crippen MR) is 85.3 cm³/mol. The van der Waals surface area contributed by atoms with Crippen LogP contribution in [0.4, 0.5) is 0 Å². The highest BCUT2D eigenvalue weighted by Crippen LogP contribution is 2.27. The van der Waals surface area contributed by atoms with Gasteiger partial charge in [0.15, 0.2) is 0 Å². The summed E-state index contributed by atoms with van der Waals surface area (Å²) in [6.07, 6.45) is 7.89. The Morgan fingerprint density at radius 3 is 2.86 bits per heavy atom. The zero-order valence-electron chi connectivity index (χ0n) is 12.4. The maximum Gasteiger partial charge on any atom is 0.131 e. The summed E-state index contributed by atoms with van der Waals surface area (Å²) in [5, 5.41) is 15.4. The van der Waals surface area contributed by atoms with Crippen molar-refractivity contribution in [3.05, 3.63) is 40.6 Å². The van der Waals surface area contributed by atoms with Crippen LogP contribution in [0.5, 0.6) is 0 Å². The second-order valence-corrected chi connectivity index (χ2v) is 6.91. The second-order valence-electron chi connectivity index (χ2n) is 5.93. The molecule has 2 heterocycles. The van der Waals surface area contributed by atoms with Gasteiger partial charge in [-0.3, -0.25) is 0 Å². The molecule has 1 unspecified atom stereocenters. The summed E-state index contributed by atoms with van der Waals surface area (Å²) >= 11 is 1.77. The summed E-state index contributed by atoms with van der Waals surface area (Å²) in [6.45, 7) is 0.988. The van der Waals surface area contributed by atoms with Crippen molar-refractivity contribution in [1.82, 2.24) is 14.9 Å². The number of nitrogens with zero attached hydrogens (tertiary/aromatic N) is 2. The zero-order valence-corrected chi connectivity index (χ0v) is 13.2. The van der Waals surface area contributed by atoms with Gasteiger partial charge in [-0.25, -0.2) is 4.98 Å². The summed E-state index contributed by atoms with van der Waals surface area (Å²) < 4.78 is 2.09. The van der Waals surface area contributed by atoms with Crippen LogP contribution in [0.1, 0.15) is 42.4 Å². The van der Waals surface area contributed by atoms with Gasteiger partial charge >= 0.3 is 0 Å². The molecule has 0 amide bonds. The molecule has 0 spiro atoms. The topological polar surface area (TPSA) is 50.1 Å². The van der Waals surface area contributed by atoms with Crippen LogP contribution >= 0.6 is 11.3 Å². The number of thiophene rings is 1. The van der Waals surface area contributed by atoms with Crippen LogP contribution in [0.25, 0.3) is 0 Å². The normalized spacial score (nSPS) is 24.1. The molecule has 2 aromatic rings. The van der Waals surface area contributed by atoms with Crippen molar-refractivity contribution in [3.63, 3.8) is 0 Å². The van der Waals surface area contributed by atoms with E-state index in [1.807, 2.05) is 19.4 Å². The minimum Gasteiger partial charge on any atom is -0.393 e. The Bertz CT molecular complexity index is 544. The molecule has 0 aromatic carbocycles. The summed E-state index contributed by atoms with van der Waals surface area (Å²) in [7, 11) is 2.04. The first-order valence-electron chi connectivity index (χ1n) is 7.66. The molecule has 2 N–H and O–H groups in total. The smallest absolute Gasteiger partial charge is 0.131 e. The van der Waals surface area contributed by atoms with Crippen molar-refractivity contribution >= 4 is 11.3 Å². The number of aromatic nitrogens is 2. The van der Waals surface area contributed by atoms with Crippen LogP contribution in [0.3, 0.4) is 0 Å². The third-order valence-electron chi connectivity index (χ3n) is 4.37. The Hall–Kier alpha value is -1.17. The molecule has 1 aliphatic carbocycles. The van der Waals surface area contributed by atoms with Gasteiger partial charge < -0.3 is 15.0 Å². The Labute approximate surface area is 129 Å². The molecule has 0 radical (unpaired) electrons. The zero-order chi connectivity index (χ0) is 14.7. The lowest BCUT2D eigenvalue weighted by atomic mass is 9.87. The number of hydrogen-bond donors (Lipinski definition) is 2. The molecule has 1 fully saturated rings. The molecule has 2 aromatic heterocycles. The van der Waals surface area contributed by atoms with Crippen molar-refractivity contribution in [3.8, 4) is 0 Å². The van der Waals surface area contributed by atoms with Gasteiger partial charge in [-0.05, 0) is 49.6 Å². The van der Waals surface area contributed by atoms with E-state index in [2.05, 4.69) is 32.4 Å². The van der Waals surface area contributed by atoms with Gasteiger partial charge in [0.05, 0.1) is 6.10 Å². The van der Waals surface area contributed by atoms with Gasteiger partial charge in [-0.15, -0.1) is 11.3 Å². The van der Waals surface area contributed by atoms with Crippen molar-refractivity contribution in [1.29, 1.82) is 0 Å². The van der Waals surface area contributed by atoms with Gasteiger partial charge in [0.1, 0.15) is 11.9 Å². The average Bonchev–Trinajstić information content (AvgIpc) is 3.14. The van der Waals surface area contributed by atoms with Crippen LogP contribution in [0, 0.1) is 5.92 Å². The van der Waals surface area contributed by atoms with E-state index in [9.17, 15) is 5.11 Å². The first kappa shape index (κ1) is 14.8. The van der Waals surface area contributed by atoms with E-state index in [1.165, 1.54) is 4.88 Å². The SMILES string of the molecule is Cn1ccnc1C(NCC1CCC(O)CC1)c1cccs1. The highest BCUT2D eigenvalue weighted by atomic mass is 32.1. The number of rotatable bonds is 5. The number of aryl methyl sites for hydroxylation is 1. The van der Waals surface area contributed by atoms with Crippen LogP contribution in [-0.4, -0.2) is 27.3 Å². The monoisotopic (exact) mass is 305 g/mol. The molecule has 1 atom stereocenters. The van der Waals surface area contributed by atoms with E-state index >= 15 is 0 Å². The van der Waals surface area contributed by atoms with E-state index in [4.69, 9.17) is 0 Å². The maximum atomic E-state index is 9.61. The fourth-order valence-electron chi connectivity index (χ4n) is 3.06. The first-order valence-corrected chi connectivity index (χ1v) is 8.54. The number of imidazole rings is 1. The number of aliphatic hydroxyl groups excluding tert-OH is 1. The lowest BCUT2D eigenvalue weighted by Gasteiger charge is -2.27.